The molecule has 2 aromatic heterocycles. The van der Waals surface area contributed by atoms with E-state index in [0.29, 0.717) is 0 Å². The Balaban J connectivity index is 1.41. The minimum Gasteiger partial charge on any atom is -0.309 e. The highest BCUT2D eigenvalue weighted by Crippen LogP contribution is 2.49. The van der Waals surface area contributed by atoms with Crippen LogP contribution in [0, 0.1) is 0 Å². The van der Waals surface area contributed by atoms with E-state index in [1.165, 1.54) is 100 Å². The minimum absolute atomic E-state index is 0.128. The monoisotopic (exact) mass is 618 g/mol. The first kappa shape index (κ1) is 27.7. The fourth-order valence-electron chi connectivity index (χ4n) is 8.80. The van der Waals surface area contributed by atoms with Gasteiger partial charge in [-0.1, -0.05) is 107 Å². The summed E-state index contributed by atoms with van der Waals surface area (Å²) in [5, 5.41) is 10.3. The predicted octanol–water partition coefficient (Wildman–Crippen LogP) is 12.5. The van der Waals surface area contributed by atoms with Crippen molar-refractivity contribution < 1.29 is 0 Å². The molecule has 48 heavy (non-hydrogen) atoms. The molecular weight excluding hydrogens is 581 g/mol. The predicted molar refractivity (Wildman–Crippen MR) is 205 cm³/mol. The molecule has 0 unspecified atom stereocenters. The molecule has 10 rings (SSSR count). The molecule has 0 amide bonds. The standard InChI is InChI=1S/C46H38N2/c1-45(2)22-23-46(3,4)39-28-43-35(25-38(39)45)36-26-42-37(27-41(36)47(43)32-15-6-5-7-16-32)44-34-17-11-10-13-30(34)19-21-40(44)48(42)33-20-18-29-12-8-9-14-31(29)24-33/h5-21,24-28H,22-23H2,1-4H3. The molecule has 0 aliphatic heterocycles. The van der Waals surface area contributed by atoms with Gasteiger partial charge in [0.25, 0.3) is 0 Å². The van der Waals surface area contributed by atoms with Gasteiger partial charge < -0.3 is 9.13 Å². The summed E-state index contributed by atoms with van der Waals surface area (Å²) in [4.78, 5) is 0. The lowest BCUT2D eigenvalue weighted by molar-refractivity contribution is 0.332. The molecule has 2 heterocycles. The Hall–Kier alpha value is -5.34. The van der Waals surface area contributed by atoms with Gasteiger partial charge in [0, 0.05) is 32.9 Å². The third-order valence-electron chi connectivity index (χ3n) is 11.5. The van der Waals surface area contributed by atoms with Crippen molar-refractivity contribution in [2.75, 3.05) is 0 Å². The first-order chi connectivity index (χ1) is 23.3. The van der Waals surface area contributed by atoms with Gasteiger partial charge in [-0.05, 0) is 111 Å². The average molecular weight is 619 g/mol. The van der Waals surface area contributed by atoms with Gasteiger partial charge in [-0.2, -0.15) is 0 Å². The van der Waals surface area contributed by atoms with Crippen LogP contribution in [0.3, 0.4) is 0 Å². The smallest absolute Gasteiger partial charge is 0.0549 e. The lowest BCUT2D eigenvalue weighted by Crippen LogP contribution is -2.33. The summed E-state index contributed by atoms with van der Waals surface area (Å²) in [5.74, 6) is 0. The lowest BCUT2D eigenvalue weighted by atomic mass is 9.63. The van der Waals surface area contributed by atoms with Gasteiger partial charge in [-0.15, -0.1) is 0 Å². The molecule has 0 radical (unpaired) electrons. The number of fused-ring (bicyclic) bond motifs is 10. The number of hydrogen-bond donors (Lipinski definition) is 0. The van der Waals surface area contributed by atoms with E-state index in [9.17, 15) is 0 Å². The Bertz CT molecular complexity index is 2770. The summed E-state index contributed by atoms with van der Waals surface area (Å²) in [6, 6.07) is 50.0. The van der Waals surface area contributed by atoms with Gasteiger partial charge in [0.15, 0.2) is 0 Å². The molecular formula is C46H38N2. The largest absolute Gasteiger partial charge is 0.309 e. The summed E-state index contributed by atoms with van der Waals surface area (Å²) in [5.41, 5.74) is 10.7. The van der Waals surface area contributed by atoms with E-state index >= 15 is 0 Å². The molecule has 0 saturated heterocycles. The quantitative estimate of drug-likeness (QED) is 0.182. The van der Waals surface area contributed by atoms with Crippen molar-refractivity contribution in [3.05, 3.63) is 145 Å². The van der Waals surface area contributed by atoms with Crippen molar-refractivity contribution in [2.24, 2.45) is 0 Å². The SMILES string of the molecule is CC1(C)CCC(C)(C)c2cc3c(cc21)c1cc2c(cc1n3-c1ccccc1)c1c3ccccc3ccc1n2-c1ccc2ccccc2c1. The zero-order valence-corrected chi connectivity index (χ0v) is 28.0. The van der Waals surface area contributed by atoms with E-state index in [2.05, 4.69) is 170 Å². The van der Waals surface area contributed by atoms with Crippen LogP contribution in [0.1, 0.15) is 51.7 Å². The number of para-hydroxylation sites is 1. The molecule has 1 aliphatic rings. The lowest BCUT2D eigenvalue weighted by Gasteiger charge is -2.42. The summed E-state index contributed by atoms with van der Waals surface area (Å²) in [6.07, 6.45) is 2.40. The first-order valence-electron chi connectivity index (χ1n) is 17.3. The van der Waals surface area contributed by atoms with Crippen molar-refractivity contribution in [1.82, 2.24) is 9.13 Å². The molecule has 7 aromatic carbocycles. The van der Waals surface area contributed by atoms with Crippen molar-refractivity contribution >= 4 is 65.2 Å². The second-order valence-electron chi connectivity index (χ2n) is 15.3. The van der Waals surface area contributed by atoms with Gasteiger partial charge in [0.1, 0.15) is 0 Å². The van der Waals surface area contributed by atoms with E-state index in [1.807, 2.05) is 0 Å². The van der Waals surface area contributed by atoms with Crippen LogP contribution >= 0.6 is 0 Å². The third-order valence-corrected chi connectivity index (χ3v) is 11.5. The number of nitrogens with zero attached hydrogens (tertiary/aromatic N) is 2. The number of aromatic nitrogens is 2. The van der Waals surface area contributed by atoms with Crippen molar-refractivity contribution in [2.45, 2.75) is 51.4 Å². The fourth-order valence-corrected chi connectivity index (χ4v) is 8.80. The second kappa shape index (κ2) is 9.61. The molecule has 0 bridgehead atoms. The number of benzene rings is 7. The molecule has 0 atom stereocenters. The van der Waals surface area contributed by atoms with E-state index in [-0.39, 0.29) is 10.8 Å². The number of hydrogen-bond acceptors (Lipinski definition) is 0. The van der Waals surface area contributed by atoms with E-state index in [0.717, 1.165) is 0 Å². The highest BCUT2D eigenvalue weighted by atomic mass is 15.0. The fraction of sp³-hybridized carbons (Fsp3) is 0.174. The van der Waals surface area contributed by atoms with Crippen molar-refractivity contribution in [1.29, 1.82) is 0 Å². The maximum absolute atomic E-state index is 2.55. The molecule has 1 aliphatic carbocycles. The van der Waals surface area contributed by atoms with Crippen LogP contribution in [-0.4, -0.2) is 9.13 Å². The highest BCUT2D eigenvalue weighted by Gasteiger charge is 2.38. The first-order valence-corrected chi connectivity index (χ1v) is 17.3. The Morgan fingerprint density at radius 1 is 0.396 bits per heavy atom. The molecule has 0 fully saturated rings. The Morgan fingerprint density at radius 2 is 0.958 bits per heavy atom. The van der Waals surface area contributed by atoms with Crippen LogP contribution in [-0.2, 0) is 10.8 Å². The molecule has 0 spiro atoms. The normalized spacial score (nSPS) is 15.7. The van der Waals surface area contributed by atoms with Crippen LogP contribution in [0.15, 0.2) is 133 Å². The molecule has 2 heteroatoms. The maximum Gasteiger partial charge on any atom is 0.0549 e. The van der Waals surface area contributed by atoms with Gasteiger partial charge in [0.2, 0.25) is 0 Å². The molecule has 0 saturated carbocycles. The van der Waals surface area contributed by atoms with Crippen LogP contribution in [0.5, 0.6) is 0 Å². The average Bonchev–Trinajstić information content (AvgIpc) is 3.60. The summed E-state index contributed by atoms with van der Waals surface area (Å²) < 4.78 is 5.02. The van der Waals surface area contributed by atoms with Gasteiger partial charge in [-0.3, -0.25) is 0 Å². The molecule has 232 valence electrons. The van der Waals surface area contributed by atoms with Crippen molar-refractivity contribution in [3.8, 4) is 11.4 Å². The second-order valence-corrected chi connectivity index (χ2v) is 15.3. The third kappa shape index (κ3) is 3.80. The highest BCUT2D eigenvalue weighted by molar-refractivity contribution is 6.25. The Labute approximate surface area is 280 Å². The van der Waals surface area contributed by atoms with E-state index in [4.69, 9.17) is 0 Å². The molecule has 2 nitrogen and oxygen atoms in total. The summed E-state index contributed by atoms with van der Waals surface area (Å²) >= 11 is 0. The zero-order chi connectivity index (χ0) is 32.4. The van der Waals surface area contributed by atoms with Crippen LogP contribution in [0.25, 0.3) is 76.5 Å². The molecule has 9 aromatic rings. The molecule has 0 N–H and O–H groups in total. The minimum atomic E-state index is 0.128. The van der Waals surface area contributed by atoms with Crippen LogP contribution in [0.2, 0.25) is 0 Å². The van der Waals surface area contributed by atoms with Gasteiger partial charge >= 0.3 is 0 Å². The van der Waals surface area contributed by atoms with E-state index in [1.54, 1.807) is 0 Å². The topological polar surface area (TPSA) is 9.86 Å². The zero-order valence-electron chi connectivity index (χ0n) is 28.0. The van der Waals surface area contributed by atoms with Crippen LogP contribution in [0.4, 0.5) is 0 Å². The van der Waals surface area contributed by atoms with Gasteiger partial charge in [-0.25, -0.2) is 0 Å². The number of rotatable bonds is 2. The van der Waals surface area contributed by atoms with Crippen LogP contribution < -0.4 is 0 Å². The van der Waals surface area contributed by atoms with E-state index < -0.39 is 0 Å². The summed E-state index contributed by atoms with van der Waals surface area (Å²) in [6.45, 7) is 9.73. The van der Waals surface area contributed by atoms with Crippen molar-refractivity contribution in [3.63, 3.8) is 0 Å². The Kier molecular flexibility index (Phi) is 5.55. The Morgan fingerprint density at radius 3 is 1.75 bits per heavy atom. The maximum atomic E-state index is 2.55. The van der Waals surface area contributed by atoms with Gasteiger partial charge in [0.05, 0.1) is 22.1 Å². The summed E-state index contributed by atoms with van der Waals surface area (Å²) in [7, 11) is 0.